The number of hydrogen-bond acceptors (Lipinski definition) is 18. The normalized spacial score (nSPS) is 25.1. The quantitative estimate of drug-likeness (QED) is 0.0199. The van der Waals surface area contributed by atoms with E-state index < -0.39 is 126 Å². The lowest BCUT2D eigenvalue weighted by Crippen LogP contribution is -3.61. The predicted molar refractivity (Wildman–Crippen MR) is 479 cm³/mol. The van der Waals surface area contributed by atoms with Crippen LogP contribution in [-0.4, -0.2) is 139 Å². The molecule has 6 aromatic rings. The summed E-state index contributed by atoms with van der Waals surface area (Å²) in [7, 11) is 0. The van der Waals surface area contributed by atoms with Gasteiger partial charge in [-0.15, -0.1) is 0 Å². The Morgan fingerprint density at radius 2 is 0.707 bits per heavy atom. The van der Waals surface area contributed by atoms with E-state index in [1.54, 1.807) is 0 Å². The van der Waals surface area contributed by atoms with Gasteiger partial charge in [0.2, 0.25) is 0 Å². The third-order valence-corrected chi connectivity index (χ3v) is 34.0. The van der Waals surface area contributed by atoms with Crippen molar-refractivity contribution in [3.05, 3.63) is 200 Å². The van der Waals surface area contributed by atoms with Gasteiger partial charge in [0, 0.05) is 38.5 Å². The smallest absolute Gasteiger partial charge is 0.376 e. The Morgan fingerprint density at radius 3 is 1.05 bits per heavy atom. The minimum atomic E-state index is -3.57. The second kappa shape index (κ2) is 43.4. The number of aliphatic hydroxyl groups is 2. The first kappa shape index (κ1) is 108. The molecule has 6 aromatic carbocycles. The second-order valence-electron chi connectivity index (χ2n) is 43.7. The number of halogens is 9. The summed E-state index contributed by atoms with van der Waals surface area (Å²) in [6.45, 7) is 39.2. The Labute approximate surface area is 812 Å². The summed E-state index contributed by atoms with van der Waals surface area (Å²) in [6, 6.07) is 55.2. The van der Waals surface area contributed by atoms with Crippen LogP contribution in [0.1, 0.15) is 249 Å². The van der Waals surface area contributed by atoms with Crippen LogP contribution in [0.3, 0.4) is 0 Å². The number of alkyl halides is 6. The molecule has 2 N–H and O–H groups in total. The first-order valence-corrected chi connectivity index (χ1v) is 52.5. The van der Waals surface area contributed by atoms with Crippen molar-refractivity contribution in [3.8, 4) is 0 Å². The van der Waals surface area contributed by atoms with Crippen LogP contribution >= 0.6 is 0 Å². The number of carbonyl (C=O) groups excluding carboxylic acids is 8. The van der Waals surface area contributed by atoms with Gasteiger partial charge < -0.3 is 48.1 Å². The van der Waals surface area contributed by atoms with Crippen LogP contribution in [0.4, 0.5) is 26.3 Å². The highest BCUT2D eigenvalue weighted by Gasteiger charge is 2.69. The average molecular weight is 2190 g/mol. The maximum atomic E-state index is 12.6. The lowest BCUT2D eigenvalue weighted by molar-refractivity contribution is -0.597. The molecule has 8 aliphatic carbocycles. The van der Waals surface area contributed by atoms with E-state index in [4.69, 9.17) is 23.7 Å². The van der Waals surface area contributed by atoms with Crippen LogP contribution in [0.5, 0.6) is 0 Å². The third kappa shape index (κ3) is 30.1. The molecule has 0 aromatic heterocycles. The fourth-order valence-corrected chi connectivity index (χ4v) is 25.8. The van der Waals surface area contributed by atoms with E-state index >= 15 is 0 Å². The Morgan fingerprint density at radius 1 is 0.383 bits per heavy atom. The number of fused-ring (bicyclic) bond motifs is 2. The molecule has 10 aliphatic rings. The van der Waals surface area contributed by atoms with E-state index in [-0.39, 0.29) is 165 Å². The highest BCUT2D eigenvalue weighted by molar-refractivity contribution is 5.87. The summed E-state index contributed by atoms with van der Waals surface area (Å²) < 4.78 is 123. The van der Waals surface area contributed by atoms with E-state index in [1.807, 2.05) is 0 Å². The number of hydrogen-bond donors (Lipinski definition) is 2. The number of aliphatic hydroxyl groups excluding tert-OH is 1. The number of ether oxygens (including phenoxy) is 8. The Bertz CT molecular complexity index is 4520. The van der Waals surface area contributed by atoms with Crippen molar-refractivity contribution in [1.82, 2.24) is 0 Å². The highest BCUT2D eigenvalue weighted by Crippen LogP contribution is 2.63. The number of rotatable bonds is 23. The zero-order chi connectivity index (χ0) is 98.3. The van der Waals surface area contributed by atoms with Crippen LogP contribution < -0.4 is 63.6 Å². The third-order valence-electron chi connectivity index (χ3n) is 26.0. The molecule has 18 nitrogen and oxygen atoms in total. The highest BCUT2D eigenvalue weighted by atomic mass is 127. The minimum Gasteiger partial charge on any atom is -0.465 e. The van der Waals surface area contributed by atoms with Crippen molar-refractivity contribution in [3.63, 3.8) is 0 Å². The molecular formula is C106H136F6I3O18+3. The molecule has 2 heterocycles. The van der Waals surface area contributed by atoms with Crippen molar-refractivity contribution in [2.24, 2.45) is 64.6 Å². The van der Waals surface area contributed by atoms with Crippen LogP contribution in [0, 0.1) is 86.0 Å². The molecule has 2 saturated heterocycles. The lowest BCUT2D eigenvalue weighted by Gasteiger charge is -2.58. The first-order valence-electron chi connectivity index (χ1n) is 46.1. The maximum absolute atomic E-state index is 12.6. The van der Waals surface area contributed by atoms with Crippen molar-refractivity contribution >= 4 is 47.8 Å². The second-order valence-corrected chi connectivity index (χ2v) is 52.8. The van der Waals surface area contributed by atoms with Gasteiger partial charge in [0.05, 0.1) is 53.6 Å². The number of esters is 8. The summed E-state index contributed by atoms with van der Waals surface area (Å²) in [6.07, 6.45) is 4.36. The Kier molecular flexibility index (Phi) is 35.2. The van der Waals surface area contributed by atoms with Gasteiger partial charge in [-0.25, -0.2) is 22.4 Å². The first-order chi connectivity index (χ1) is 61.5. The zero-order valence-electron chi connectivity index (χ0n) is 80.7. The molecule has 13 atom stereocenters. The van der Waals surface area contributed by atoms with Gasteiger partial charge in [-0.1, -0.05) is 197 Å². The molecular weight excluding hydrogens is 2060 g/mol. The van der Waals surface area contributed by atoms with Crippen molar-refractivity contribution < 1.29 is 176 Å². The van der Waals surface area contributed by atoms with Gasteiger partial charge in [-0.3, -0.25) is 33.6 Å². The van der Waals surface area contributed by atoms with Crippen LogP contribution in [0.15, 0.2) is 146 Å². The topological polar surface area (TPSA) is 251 Å². The van der Waals surface area contributed by atoms with Gasteiger partial charge in [0.25, 0.3) is 11.8 Å². The summed E-state index contributed by atoms with van der Waals surface area (Å²) in [5, 5.41) is 20.7. The van der Waals surface area contributed by atoms with Crippen LogP contribution in [0.2, 0.25) is 0 Å². The summed E-state index contributed by atoms with van der Waals surface area (Å²) in [4.78, 5) is 93.9. The summed E-state index contributed by atoms with van der Waals surface area (Å²) >= 11 is -0.211. The predicted octanol–water partition coefficient (Wildman–Crippen LogP) is 10.9. The average Bonchev–Trinajstić information content (AvgIpc) is 1.60. The minimum absolute atomic E-state index is 0.0701. The van der Waals surface area contributed by atoms with Crippen molar-refractivity contribution in [2.45, 2.75) is 290 Å². The SMILES string of the molecule is CC(C)(C)c1ccc([I+]c2ccc(C(C)(C)C)cc2)cc1.CC(C)(C)c1ccc([I+]c2ccc(C(C)(C)C)cc2)cc1.CC(C)(C)c1ccc([I+]c2ccc(C(C)(C)C)cc2)cc1.CC(F)(F)C(=O)OCCOC(=O)C1C2CC3OC(=O)C1C3C2.CC(F)(F)COC(=O)CCOC(=O)C12CC3CC(CC(O)(C3)C1)C2.CC(F)(F)COC(=O)CCOC(=O)C1C2CC3C(OC(=O)C31)C2O. The largest absolute Gasteiger partial charge is 0.465 e. The van der Waals surface area contributed by atoms with E-state index in [9.17, 15) is 74.9 Å². The fourth-order valence-electron chi connectivity index (χ4n) is 19.3. The number of benzene rings is 6. The molecule has 27 heteroatoms. The standard InChI is InChI=1S/3C20H26I.C17H24F2O5.C15H18F2O7.C14H16F2O6/c3*1-19(2,3)15-7-11-17(12-8-15)21-18-13-9-16(10-14-18)20(4,5)6;1-15(18,19)10-24-13(20)2-3-23-14(21)16-5-11-4-12(6-16)8-17(22,7-11)9-16;1-15(16,17)5-23-8(18)2-3-22-13(20)9-6-4-7-10(9)14(21)24-12(7)11(6)19;1-14(15,16)13(19)21-3-2-20-11(17)9-6-4-7-8(5-6)22-12(18)10(7)9/h3*7-14H,1-6H3;11-12,22H,2-10H2,1H3;6-7,9-12,19H,2-5H2,1H3;6-10H,2-5H2,1H3/q3*+1;;;. The van der Waals surface area contributed by atoms with E-state index in [2.05, 4.69) is 284 Å². The lowest BCUT2D eigenvalue weighted by atomic mass is 9.48. The molecule has 16 rings (SSSR count). The van der Waals surface area contributed by atoms with E-state index in [1.165, 1.54) is 54.8 Å². The fraction of sp³-hybridized carbons (Fsp3) is 0.585. The molecule has 133 heavy (non-hydrogen) atoms. The Hall–Kier alpha value is -7.23. The van der Waals surface area contributed by atoms with Crippen LogP contribution in [-0.2, 0) is 109 Å². The molecule has 2 aliphatic heterocycles. The molecule has 0 amide bonds. The number of carbonyl (C=O) groups is 8. The van der Waals surface area contributed by atoms with Crippen molar-refractivity contribution in [2.75, 3.05) is 39.6 Å². The van der Waals surface area contributed by atoms with Gasteiger partial charge in [0.1, 0.15) is 38.6 Å². The maximum Gasteiger partial charge on any atom is 0.376 e. The summed E-state index contributed by atoms with van der Waals surface area (Å²) in [5.41, 5.74) is 8.54. The Balaban J connectivity index is 0.000000166. The molecule has 13 unspecified atom stereocenters. The summed E-state index contributed by atoms with van der Waals surface area (Å²) in [5.74, 6) is -17.7. The molecule has 728 valence electrons. The van der Waals surface area contributed by atoms with Gasteiger partial charge in [-0.05, 0) is 214 Å². The van der Waals surface area contributed by atoms with Gasteiger partial charge >= 0.3 is 117 Å². The zero-order valence-corrected chi connectivity index (χ0v) is 87.2. The van der Waals surface area contributed by atoms with Crippen LogP contribution in [0.25, 0.3) is 0 Å². The van der Waals surface area contributed by atoms with E-state index in [0.717, 1.165) is 38.5 Å². The monoisotopic (exact) mass is 2190 g/mol. The molecule has 0 radical (unpaired) electrons. The van der Waals surface area contributed by atoms with E-state index in [0.29, 0.717) is 51.9 Å². The van der Waals surface area contributed by atoms with Crippen molar-refractivity contribution in [1.29, 1.82) is 0 Å². The molecule has 8 saturated carbocycles. The van der Waals surface area contributed by atoms with Gasteiger partial charge in [-0.2, -0.15) is 8.78 Å². The molecule has 10 fully saturated rings. The molecule has 8 bridgehead atoms. The van der Waals surface area contributed by atoms with Gasteiger partial charge in [0.15, 0.2) is 34.6 Å². The molecule has 0 spiro atoms.